The number of aryl methyl sites for hydroxylation is 1. The molecule has 1 aliphatic carbocycles. The van der Waals surface area contributed by atoms with Crippen LogP contribution < -0.4 is 5.32 Å². The number of nitrogens with one attached hydrogen (secondary N) is 1. The van der Waals surface area contributed by atoms with Crippen LogP contribution in [0.5, 0.6) is 0 Å². The van der Waals surface area contributed by atoms with Crippen molar-refractivity contribution in [3.8, 4) is 0 Å². The summed E-state index contributed by atoms with van der Waals surface area (Å²) < 4.78 is 32.1. The molecule has 2 N–H and O–H groups in total. The van der Waals surface area contributed by atoms with E-state index >= 15 is 0 Å². The maximum Gasteiger partial charge on any atom is 0.325 e. The van der Waals surface area contributed by atoms with Crippen molar-refractivity contribution in [2.75, 3.05) is 13.2 Å². The van der Waals surface area contributed by atoms with Crippen LogP contribution in [0.1, 0.15) is 45.1 Å². The minimum Gasteiger partial charge on any atom is -0.454 e. The van der Waals surface area contributed by atoms with E-state index in [-0.39, 0.29) is 23.9 Å². The molecule has 5 atom stereocenters. The van der Waals surface area contributed by atoms with E-state index in [1.54, 1.807) is 12.1 Å². The zero-order valence-electron chi connectivity index (χ0n) is 18.3. The molecule has 1 aromatic carbocycles. The summed E-state index contributed by atoms with van der Waals surface area (Å²) in [6, 6.07) is 5.16. The number of aliphatic hydroxyl groups is 1. The van der Waals surface area contributed by atoms with Crippen LogP contribution in [0.4, 0.5) is 0 Å². The number of aliphatic hydroxyl groups excluding tert-OH is 1. The molecule has 2 fully saturated rings. The minimum atomic E-state index is -3.99. The number of nitrogens with zero attached hydrogens (tertiary/aromatic N) is 1. The first-order valence-electron chi connectivity index (χ1n) is 10.8. The molecule has 3 rings (SSSR count). The second kappa shape index (κ2) is 9.67. The van der Waals surface area contributed by atoms with Crippen LogP contribution >= 0.6 is 0 Å². The van der Waals surface area contributed by atoms with Crippen LogP contribution in [0, 0.1) is 18.8 Å². The highest BCUT2D eigenvalue weighted by molar-refractivity contribution is 7.89. The summed E-state index contributed by atoms with van der Waals surface area (Å²) >= 11 is 0. The fourth-order valence-electron chi connectivity index (χ4n) is 4.38. The van der Waals surface area contributed by atoms with Crippen LogP contribution in [-0.2, 0) is 24.3 Å². The summed E-state index contributed by atoms with van der Waals surface area (Å²) in [5.74, 6) is -0.367. The average molecular weight is 453 g/mol. The lowest BCUT2D eigenvalue weighted by Crippen LogP contribution is -2.46. The smallest absolute Gasteiger partial charge is 0.325 e. The molecule has 1 aromatic rings. The quantitative estimate of drug-likeness (QED) is 0.634. The Labute approximate surface area is 184 Å². The number of ether oxygens (including phenoxy) is 1. The normalized spacial score (nSPS) is 29.5. The van der Waals surface area contributed by atoms with E-state index in [4.69, 9.17) is 4.74 Å². The van der Waals surface area contributed by atoms with Crippen LogP contribution in [0.15, 0.2) is 29.2 Å². The molecule has 1 saturated carbocycles. The van der Waals surface area contributed by atoms with E-state index < -0.39 is 40.7 Å². The first kappa shape index (κ1) is 23.7. The molecule has 1 saturated heterocycles. The third-order valence-electron chi connectivity index (χ3n) is 6.53. The molecular weight excluding hydrogens is 420 g/mol. The maximum absolute atomic E-state index is 13.0. The second-order valence-electron chi connectivity index (χ2n) is 8.84. The molecule has 5 unspecified atom stereocenters. The maximum atomic E-state index is 13.0. The molecule has 2 aliphatic rings. The lowest BCUT2D eigenvalue weighted by Gasteiger charge is -2.34. The number of β-amino-alcohol motifs (C(OH)–C–C–N with tert-alkyl or cyclic N) is 1. The van der Waals surface area contributed by atoms with Crippen LogP contribution in [-0.4, -0.2) is 61.0 Å². The Morgan fingerprint density at radius 2 is 1.87 bits per heavy atom. The van der Waals surface area contributed by atoms with E-state index in [9.17, 15) is 23.1 Å². The van der Waals surface area contributed by atoms with E-state index in [0.29, 0.717) is 11.8 Å². The number of hydrogen-bond donors (Lipinski definition) is 2. The predicted molar refractivity (Wildman–Crippen MR) is 115 cm³/mol. The monoisotopic (exact) mass is 452 g/mol. The Morgan fingerprint density at radius 3 is 2.55 bits per heavy atom. The Kier molecular flexibility index (Phi) is 7.39. The van der Waals surface area contributed by atoms with Crippen molar-refractivity contribution in [3.05, 3.63) is 29.8 Å². The van der Waals surface area contributed by atoms with E-state index in [1.807, 2.05) is 6.92 Å². The SMILES string of the molecule is Cc1ccc(S(=O)(=O)N2CC(O)CC2C(=O)OCC(=O)NC2CCCC(C)C2C)cc1. The molecule has 0 spiro atoms. The molecule has 1 heterocycles. The molecule has 172 valence electrons. The van der Waals surface area contributed by atoms with Gasteiger partial charge in [-0.1, -0.05) is 44.4 Å². The summed E-state index contributed by atoms with van der Waals surface area (Å²) in [6.07, 6.45) is 2.03. The topological polar surface area (TPSA) is 113 Å². The first-order chi connectivity index (χ1) is 14.6. The second-order valence-corrected chi connectivity index (χ2v) is 10.7. The van der Waals surface area contributed by atoms with Crippen molar-refractivity contribution >= 4 is 21.9 Å². The first-order valence-corrected chi connectivity index (χ1v) is 12.3. The molecular formula is C22H32N2O6S. The summed E-state index contributed by atoms with van der Waals surface area (Å²) in [5, 5.41) is 13.0. The number of rotatable bonds is 6. The van der Waals surface area contributed by atoms with E-state index in [1.165, 1.54) is 12.1 Å². The van der Waals surface area contributed by atoms with Crippen molar-refractivity contribution in [2.24, 2.45) is 11.8 Å². The Morgan fingerprint density at radius 1 is 1.19 bits per heavy atom. The standard InChI is InChI=1S/C22H32N2O6S/c1-14-7-9-18(10-8-14)31(28,29)24-12-17(25)11-20(24)22(27)30-13-21(26)23-19-6-4-5-15(2)16(19)3/h7-10,15-17,19-20,25H,4-6,11-13H2,1-3H3,(H,23,26). The molecule has 8 nitrogen and oxygen atoms in total. The lowest BCUT2D eigenvalue weighted by atomic mass is 9.78. The zero-order chi connectivity index (χ0) is 22.8. The number of esters is 1. The van der Waals surface area contributed by atoms with Crippen LogP contribution in [0.25, 0.3) is 0 Å². The van der Waals surface area contributed by atoms with Gasteiger partial charge in [-0.2, -0.15) is 4.31 Å². The minimum absolute atomic E-state index is 0.0432. The van der Waals surface area contributed by atoms with Crippen molar-refractivity contribution < 1.29 is 27.9 Å². The van der Waals surface area contributed by atoms with Gasteiger partial charge in [-0.15, -0.1) is 0 Å². The largest absolute Gasteiger partial charge is 0.454 e. The van der Waals surface area contributed by atoms with Gasteiger partial charge in [-0.25, -0.2) is 8.42 Å². The average Bonchev–Trinajstić information content (AvgIpc) is 3.13. The van der Waals surface area contributed by atoms with Gasteiger partial charge < -0.3 is 15.2 Å². The van der Waals surface area contributed by atoms with Crippen LogP contribution in [0.3, 0.4) is 0 Å². The fourth-order valence-corrected chi connectivity index (χ4v) is 6.00. The number of carbonyl (C=O) groups excluding carboxylic acids is 2. The Bertz CT molecular complexity index is 901. The summed E-state index contributed by atoms with van der Waals surface area (Å²) in [6.45, 7) is 5.45. The number of amides is 1. The highest BCUT2D eigenvalue weighted by atomic mass is 32.2. The van der Waals surface area contributed by atoms with Gasteiger partial charge in [0.2, 0.25) is 10.0 Å². The van der Waals surface area contributed by atoms with E-state index in [0.717, 1.165) is 29.1 Å². The van der Waals surface area contributed by atoms with Gasteiger partial charge in [0.25, 0.3) is 5.91 Å². The highest BCUT2D eigenvalue weighted by Crippen LogP contribution is 2.30. The third kappa shape index (κ3) is 5.45. The highest BCUT2D eigenvalue weighted by Gasteiger charge is 2.44. The van der Waals surface area contributed by atoms with Gasteiger partial charge in [0.05, 0.1) is 11.0 Å². The van der Waals surface area contributed by atoms with Gasteiger partial charge >= 0.3 is 5.97 Å². The van der Waals surface area contributed by atoms with Crippen molar-refractivity contribution in [1.29, 1.82) is 0 Å². The molecule has 1 amide bonds. The molecule has 0 radical (unpaired) electrons. The lowest BCUT2D eigenvalue weighted by molar-refractivity contribution is -0.152. The Hall–Kier alpha value is -1.97. The molecule has 0 bridgehead atoms. The fraction of sp³-hybridized carbons (Fsp3) is 0.636. The summed E-state index contributed by atoms with van der Waals surface area (Å²) in [5.41, 5.74) is 0.907. The van der Waals surface area contributed by atoms with Gasteiger partial charge in [0.15, 0.2) is 6.61 Å². The molecule has 31 heavy (non-hydrogen) atoms. The number of sulfonamides is 1. The van der Waals surface area contributed by atoms with Gasteiger partial charge in [-0.3, -0.25) is 9.59 Å². The van der Waals surface area contributed by atoms with Gasteiger partial charge in [-0.05, 0) is 37.3 Å². The predicted octanol–water partition coefficient (Wildman–Crippen LogP) is 1.60. The van der Waals surface area contributed by atoms with Crippen molar-refractivity contribution in [1.82, 2.24) is 9.62 Å². The number of benzene rings is 1. The van der Waals surface area contributed by atoms with E-state index in [2.05, 4.69) is 19.2 Å². The third-order valence-corrected chi connectivity index (χ3v) is 8.42. The molecule has 0 aromatic heterocycles. The van der Waals surface area contributed by atoms with Gasteiger partial charge in [0.1, 0.15) is 6.04 Å². The molecule has 1 aliphatic heterocycles. The van der Waals surface area contributed by atoms with Crippen molar-refractivity contribution in [2.45, 2.75) is 69.5 Å². The van der Waals surface area contributed by atoms with Crippen molar-refractivity contribution in [3.63, 3.8) is 0 Å². The number of hydrogen-bond acceptors (Lipinski definition) is 6. The number of carbonyl (C=O) groups is 2. The van der Waals surface area contributed by atoms with Gasteiger partial charge in [0, 0.05) is 19.0 Å². The summed E-state index contributed by atoms with van der Waals surface area (Å²) in [4.78, 5) is 25.0. The molecule has 9 heteroatoms. The van der Waals surface area contributed by atoms with Crippen LogP contribution in [0.2, 0.25) is 0 Å². The Balaban J connectivity index is 1.62. The zero-order valence-corrected chi connectivity index (χ0v) is 19.1. The summed E-state index contributed by atoms with van der Waals surface area (Å²) in [7, 11) is -3.99.